The van der Waals surface area contributed by atoms with E-state index in [1.807, 2.05) is 30.9 Å². The molecule has 0 unspecified atom stereocenters. The molecule has 1 atom stereocenters. The number of amides is 2. The Morgan fingerprint density at radius 1 is 0.971 bits per heavy atom. The largest absolute Gasteiger partial charge is 0.507 e. The molecule has 0 radical (unpaired) electrons. The van der Waals surface area contributed by atoms with E-state index < -0.39 is 12.2 Å². The Morgan fingerprint density at radius 3 is 2.21 bits per heavy atom. The van der Waals surface area contributed by atoms with E-state index in [4.69, 9.17) is 9.47 Å². The van der Waals surface area contributed by atoms with Crippen molar-refractivity contribution < 1.29 is 24.2 Å². The number of likely N-dealkylation sites (tertiary alicyclic amines) is 2. The number of carbonyl (C=O) groups excluding carboxylic acids is 2. The third-order valence-electron chi connectivity index (χ3n) is 7.44. The first-order chi connectivity index (χ1) is 16.4. The van der Waals surface area contributed by atoms with E-state index >= 15 is 0 Å². The van der Waals surface area contributed by atoms with Gasteiger partial charge in [-0.25, -0.2) is 4.79 Å². The van der Waals surface area contributed by atoms with Gasteiger partial charge in [0.1, 0.15) is 5.75 Å². The van der Waals surface area contributed by atoms with Crippen LogP contribution < -0.4 is 0 Å². The Bertz CT molecular complexity index is 833. The van der Waals surface area contributed by atoms with Crippen LogP contribution in [0.2, 0.25) is 0 Å². The average Bonchev–Trinajstić information content (AvgIpc) is 2.87. The first kappa shape index (κ1) is 24.8. The number of phenols is 1. The van der Waals surface area contributed by atoms with E-state index in [1.54, 1.807) is 4.90 Å². The van der Waals surface area contributed by atoms with Crippen molar-refractivity contribution in [2.75, 3.05) is 52.5 Å². The molecule has 0 bridgehead atoms. The summed E-state index contributed by atoms with van der Waals surface area (Å²) in [6.45, 7) is 9.86. The Labute approximate surface area is 202 Å². The molecule has 3 aliphatic heterocycles. The van der Waals surface area contributed by atoms with Gasteiger partial charge in [-0.05, 0) is 62.6 Å². The summed E-state index contributed by atoms with van der Waals surface area (Å²) in [6, 6.07) is 4.23. The molecule has 3 saturated heterocycles. The fourth-order valence-electron chi connectivity index (χ4n) is 5.43. The van der Waals surface area contributed by atoms with Crippen molar-refractivity contribution in [2.24, 2.45) is 0 Å². The molecule has 8 nitrogen and oxygen atoms in total. The Kier molecular flexibility index (Phi) is 8.32. The van der Waals surface area contributed by atoms with E-state index in [1.165, 1.54) is 0 Å². The van der Waals surface area contributed by atoms with Crippen molar-refractivity contribution in [3.8, 4) is 5.75 Å². The Hall–Kier alpha value is -2.32. The minimum atomic E-state index is -0.863. The minimum Gasteiger partial charge on any atom is -0.507 e. The summed E-state index contributed by atoms with van der Waals surface area (Å²) >= 11 is 0. The predicted molar refractivity (Wildman–Crippen MR) is 129 cm³/mol. The number of hydrogen-bond donors (Lipinski definition) is 1. The lowest BCUT2D eigenvalue weighted by Crippen LogP contribution is -2.52. The number of rotatable bonds is 5. The van der Waals surface area contributed by atoms with Crippen LogP contribution in [0.25, 0.3) is 0 Å². The van der Waals surface area contributed by atoms with Crippen molar-refractivity contribution in [3.05, 3.63) is 28.8 Å². The maximum Gasteiger partial charge on any atom is 0.410 e. The van der Waals surface area contributed by atoms with Crippen molar-refractivity contribution >= 4 is 12.0 Å². The summed E-state index contributed by atoms with van der Waals surface area (Å²) in [5.41, 5.74) is 2.41. The highest BCUT2D eigenvalue weighted by Gasteiger charge is 2.34. The van der Waals surface area contributed by atoms with Gasteiger partial charge in [-0.3, -0.25) is 9.69 Å². The van der Waals surface area contributed by atoms with Crippen molar-refractivity contribution in [1.29, 1.82) is 0 Å². The number of ether oxygens (including phenoxy) is 2. The van der Waals surface area contributed by atoms with Crippen LogP contribution in [0.15, 0.2) is 12.1 Å². The monoisotopic (exact) mass is 473 g/mol. The molecule has 0 aromatic heterocycles. The second-order valence-corrected chi connectivity index (χ2v) is 9.91. The lowest BCUT2D eigenvalue weighted by Gasteiger charge is -2.40. The lowest BCUT2D eigenvalue weighted by molar-refractivity contribution is -0.142. The van der Waals surface area contributed by atoms with Gasteiger partial charge in [-0.15, -0.1) is 0 Å². The number of piperidine rings is 2. The van der Waals surface area contributed by atoms with Gasteiger partial charge in [0.25, 0.3) is 5.91 Å². The van der Waals surface area contributed by atoms with Gasteiger partial charge in [0.2, 0.25) is 0 Å². The molecule has 0 spiro atoms. The number of morpholine rings is 1. The van der Waals surface area contributed by atoms with Gasteiger partial charge >= 0.3 is 6.09 Å². The van der Waals surface area contributed by atoms with E-state index in [2.05, 4.69) is 4.90 Å². The summed E-state index contributed by atoms with van der Waals surface area (Å²) in [7, 11) is 0. The Balaban J connectivity index is 1.44. The molecule has 0 aliphatic carbocycles. The lowest BCUT2D eigenvalue weighted by atomic mass is 9.99. The van der Waals surface area contributed by atoms with Crippen molar-refractivity contribution in [1.82, 2.24) is 14.7 Å². The summed E-state index contributed by atoms with van der Waals surface area (Å²) in [6.07, 6.45) is 3.97. The molecule has 0 saturated carbocycles. The molecule has 1 aromatic rings. The van der Waals surface area contributed by atoms with Gasteiger partial charge in [-0.2, -0.15) is 0 Å². The first-order valence-corrected chi connectivity index (χ1v) is 12.8. The summed E-state index contributed by atoms with van der Waals surface area (Å²) < 4.78 is 11.3. The third kappa shape index (κ3) is 6.02. The van der Waals surface area contributed by atoms with E-state index in [0.29, 0.717) is 38.6 Å². The molecule has 188 valence electrons. The zero-order valence-electron chi connectivity index (χ0n) is 20.6. The highest BCUT2D eigenvalue weighted by Crippen LogP contribution is 2.25. The minimum absolute atomic E-state index is 0.117. The maximum absolute atomic E-state index is 13.6. The van der Waals surface area contributed by atoms with Gasteiger partial charge in [0.05, 0.1) is 13.2 Å². The van der Waals surface area contributed by atoms with Gasteiger partial charge in [0, 0.05) is 51.7 Å². The molecule has 8 heteroatoms. The molecule has 3 heterocycles. The second kappa shape index (κ2) is 11.4. The quantitative estimate of drug-likeness (QED) is 0.708. The van der Waals surface area contributed by atoms with E-state index in [0.717, 1.165) is 75.1 Å². The fraction of sp³-hybridized carbons (Fsp3) is 0.692. The maximum atomic E-state index is 13.6. The molecule has 1 aromatic carbocycles. The average molecular weight is 474 g/mol. The fourth-order valence-corrected chi connectivity index (χ4v) is 5.43. The first-order valence-electron chi connectivity index (χ1n) is 12.8. The van der Waals surface area contributed by atoms with Gasteiger partial charge < -0.3 is 24.4 Å². The van der Waals surface area contributed by atoms with E-state index in [-0.39, 0.29) is 11.7 Å². The number of carbonyl (C=O) groups is 2. The molecule has 34 heavy (non-hydrogen) atoms. The number of hydrogen-bond acceptors (Lipinski definition) is 6. The summed E-state index contributed by atoms with van der Waals surface area (Å²) in [5, 5.41) is 10.1. The molecule has 3 fully saturated rings. The number of phenolic OH excluding ortho intramolecular Hbond substituents is 1. The molecule has 3 aliphatic rings. The van der Waals surface area contributed by atoms with E-state index in [9.17, 15) is 14.7 Å². The van der Waals surface area contributed by atoms with Crippen LogP contribution >= 0.6 is 0 Å². The van der Waals surface area contributed by atoms with Crippen molar-refractivity contribution in [2.45, 2.75) is 64.5 Å². The third-order valence-corrected chi connectivity index (χ3v) is 7.44. The Morgan fingerprint density at radius 2 is 1.59 bits per heavy atom. The standard InChI is InChI=1S/C26H39N3O5/c1-19-16-21(17-20(2)24(19)30)18-23(34-26(32)29-8-4-3-5-9-29)25(31)28-10-6-22(7-11-28)27-12-14-33-15-13-27/h16-17,22-23,30H,3-15,18H2,1-2H3/t23-/m1/s1. The molecular formula is C26H39N3O5. The molecule has 4 rings (SSSR count). The van der Waals surface area contributed by atoms with Crippen LogP contribution in [0, 0.1) is 13.8 Å². The number of aromatic hydroxyl groups is 1. The van der Waals surface area contributed by atoms with Crippen LogP contribution in [0.1, 0.15) is 48.8 Å². The van der Waals surface area contributed by atoms with Gasteiger partial charge in [-0.1, -0.05) is 12.1 Å². The molecular weight excluding hydrogens is 434 g/mol. The summed E-state index contributed by atoms with van der Waals surface area (Å²) in [4.78, 5) is 32.6. The highest BCUT2D eigenvalue weighted by atomic mass is 16.6. The number of aryl methyl sites for hydroxylation is 2. The van der Waals surface area contributed by atoms with Crippen LogP contribution in [-0.2, 0) is 20.7 Å². The highest BCUT2D eigenvalue weighted by molar-refractivity contribution is 5.84. The summed E-state index contributed by atoms with van der Waals surface area (Å²) in [5.74, 6) is 0.149. The predicted octanol–water partition coefficient (Wildman–Crippen LogP) is 2.87. The topological polar surface area (TPSA) is 82.6 Å². The zero-order chi connectivity index (χ0) is 24.1. The van der Waals surface area contributed by atoms with Crippen LogP contribution in [0.5, 0.6) is 5.75 Å². The molecule has 2 amide bonds. The zero-order valence-corrected chi connectivity index (χ0v) is 20.6. The van der Waals surface area contributed by atoms with Crippen LogP contribution in [0.4, 0.5) is 4.79 Å². The smallest absolute Gasteiger partial charge is 0.410 e. The van der Waals surface area contributed by atoms with Gasteiger partial charge in [0.15, 0.2) is 6.10 Å². The van der Waals surface area contributed by atoms with Crippen molar-refractivity contribution in [3.63, 3.8) is 0 Å². The normalized spacial score (nSPS) is 21.4. The SMILES string of the molecule is Cc1cc(C[C@@H](OC(=O)N2CCCCC2)C(=O)N2CCC(N3CCOCC3)CC2)cc(C)c1O. The number of benzene rings is 1. The van der Waals surface area contributed by atoms with Crippen LogP contribution in [0.3, 0.4) is 0 Å². The van der Waals surface area contributed by atoms with Crippen LogP contribution in [-0.4, -0.2) is 96.4 Å². The number of nitrogens with zero attached hydrogens (tertiary/aromatic N) is 3. The molecule has 1 N–H and O–H groups in total. The second-order valence-electron chi connectivity index (χ2n) is 9.91.